The molecule has 0 spiro atoms. The zero-order valence-electron chi connectivity index (χ0n) is 18.3. The Morgan fingerprint density at radius 1 is 0.906 bits per heavy atom. The number of esters is 2. The summed E-state index contributed by atoms with van der Waals surface area (Å²) in [4.78, 5) is 25.9. The van der Waals surface area contributed by atoms with Crippen molar-refractivity contribution >= 4 is 11.9 Å². The van der Waals surface area contributed by atoms with E-state index in [2.05, 4.69) is 5.32 Å². The van der Waals surface area contributed by atoms with E-state index in [0.717, 1.165) is 6.07 Å². The average molecular weight is 457 g/mol. The molecule has 1 aromatic rings. The molecule has 0 saturated heterocycles. The number of alkyl halides is 3. The van der Waals surface area contributed by atoms with Gasteiger partial charge in [-0.05, 0) is 25.5 Å². The first-order valence-electron chi connectivity index (χ1n) is 9.92. The molecule has 1 heterocycles. The predicted octanol–water partition coefficient (Wildman–Crippen LogP) is 3.32. The van der Waals surface area contributed by atoms with E-state index >= 15 is 0 Å². The van der Waals surface area contributed by atoms with Gasteiger partial charge in [0.2, 0.25) is 0 Å². The highest BCUT2D eigenvalue weighted by Crippen LogP contribution is 2.44. The standard InChI is InChI=1S/C22H26F3NO6/c1-5-31-20(27)18-15(11-29-3)26-16(12-30-4)19(21(28)32-6-2)17(18)13-9-7-8-10-14(13)22(23,24)25/h7-10,17,26H,5-6,11-12H2,1-4H3. The summed E-state index contributed by atoms with van der Waals surface area (Å²) in [7, 11) is 2.74. The maximum Gasteiger partial charge on any atom is 0.416 e. The summed E-state index contributed by atoms with van der Waals surface area (Å²) in [6.07, 6.45) is -4.73. The normalized spacial score (nSPS) is 15.0. The van der Waals surface area contributed by atoms with Crippen molar-refractivity contribution in [3.63, 3.8) is 0 Å². The van der Waals surface area contributed by atoms with Crippen LogP contribution in [0.5, 0.6) is 0 Å². The molecule has 0 atom stereocenters. The molecule has 1 N–H and O–H groups in total. The van der Waals surface area contributed by atoms with Crippen LogP contribution in [0.4, 0.5) is 13.2 Å². The zero-order chi connectivity index (χ0) is 23.9. The number of rotatable bonds is 9. The molecule has 2 rings (SSSR count). The van der Waals surface area contributed by atoms with Gasteiger partial charge in [-0.2, -0.15) is 13.2 Å². The third-order valence-corrected chi connectivity index (χ3v) is 4.67. The fourth-order valence-corrected chi connectivity index (χ4v) is 3.54. The molecule has 1 aliphatic heterocycles. The summed E-state index contributed by atoms with van der Waals surface area (Å²) in [6.45, 7) is 2.84. The van der Waals surface area contributed by atoms with Crippen molar-refractivity contribution in [1.82, 2.24) is 5.32 Å². The lowest BCUT2D eigenvalue weighted by Gasteiger charge is -2.33. The highest BCUT2D eigenvalue weighted by molar-refractivity contribution is 6.00. The van der Waals surface area contributed by atoms with Crippen molar-refractivity contribution in [2.24, 2.45) is 0 Å². The Hall–Kier alpha value is -2.85. The van der Waals surface area contributed by atoms with E-state index in [4.69, 9.17) is 18.9 Å². The van der Waals surface area contributed by atoms with Crippen LogP contribution in [0.3, 0.4) is 0 Å². The molecule has 7 nitrogen and oxygen atoms in total. The third kappa shape index (κ3) is 5.49. The number of carbonyl (C=O) groups is 2. The molecule has 0 radical (unpaired) electrons. The molecule has 10 heteroatoms. The molecule has 32 heavy (non-hydrogen) atoms. The van der Waals surface area contributed by atoms with Gasteiger partial charge < -0.3 is 24.3 Å². The minimum Gasteiger partial charge on any atom is -0.463 e. The number of halogens is 3. The van der Waals surface area contributed by atoms with Crippen LogP contribution in [0.25, 0.3) is 0 Å². The number of hydrogen-bond donors (Lipinski definition) is 1. The van der Waals surface area contributed by atoms with Crippen molar-refractivity contribution in [2.75, 3.05) is 40.6 Å². The maximum absolute atomic E-state index is 13.9. The van der Waals surface area contributed by atoms with Crippen molar-refractivity contribution in [2.45, 2.75) is 25.9 Å². The summed E-state index contributed by atoms with van der Waals surface area (Å²) < 4.78 is 62.4. The van der Waals surface area contributed by atoms with Gasteiger partial charge in [-0.1, -0.05) is 18.2 Å². The van der Waals surface area contributed by atoms with Gasteiger partial charge in [0.15, 0.2) is 0 Å². The fourth-order valence-electron chi connectivity index (χ4n) is 3.54. The Labute approximate surface area is 184 Å². The summed E-state index contributed by atoms with van der Waals surface area (Å²) in [5.74, 6) is -3.15. The van der Waals surface area contributed by atoms with Crippen LogP contribution in [-0.2, 0) is 34.7 Å². The van der Waals surface area contributed by atoms with Crippen molar-refractivity contribution in [3.8, 4) is 0 Å². The van der Waals surface area contributed by atoms with Gasteiger partial charge in [0.1, 0.15) is 0 Å². The molecule has 0 bridgehead atoms. The van der Waals surface area contributed by atoms with Gasteiger partial charge in [-0.25, -0.2) is 9.59 Å². The van der Waals surface area contributed by atoms with Crippen LogP contribution >= 0.6 is 0 Å². The first-order chi connectivity index (χ1) is 15.2. The smallest absolute Gasteiger partial charge is 0.416 e. The lowest BCUT2D eigenvalue weighted by molar-refractivity contribution is -0.142. The van der Waals surface area contributed by atoms with Crippen LogP contribution in [0.15, 0.2) is 46.8 Å². The van der Waals surface area contributed by atoms with Gasteiger partial charge in [0.05, 0.1) is 60.4 Å². The highest BCUT2D eigenvalue weighted by Gasteiger charge is 2.44. The van der Waals surface area contributed by atoms with E-state index in [1.165, 1.54) is 32.4 Å². The van der Waals surface area contributed by atoms with E-state index in [9.17, 15) is 22.8 Å². The Balaban J connectivity index is 2.91. The monoisotopic (exact) mass is 457 g/mol. The van der Waals surface area contributed by atoms with Crippen molar-refractivity contribution < 1.29 is 41.7 Å². The van der Waals surface area contributed by atoms with E-state index < -0.39 is 29.6 Å². The molecule has 0 aromatic heterocycles. The molecule has 1 aromatic carbocycles. The quantitative estimate of drug-likeness (QED) is 0.570. The van der Waals surface area contributed by atoms with E-state index in [1.54, 1.807) is 13.8 Å². The van der Waals surface area contributed by atoms with Gasteiger partial charge in [-0.3, -0.25) is 0 Å². The summed E-state index contributed by atoms with van der Waals surface area (Å²) in [5.41, 5.74) is -1.23. The predicted molar refractivity (Wildman–Crippen MR) is 108 cm³/mol. The fraction of sp³-hybridized carbons (Fsp3) is 0.455. The Morgan fingerprint density at radius 2 is 1.38 bits per heavy atom. The van der Waals surface area contributed by atoms with Crippen LogP contribution in [-0.4, -0.2) is 52.6 Å². The van der Waals surface area contributed by atoms with E-state index in [1.807, 2.05) is 0 Å². The van der Waals surface area contributed by atoms with E-state index in [-0.39, 0.29) is 54.5 Å². The van der Waals surface area contributed by atoms with Crippen LogP contribution in [0.1, 0.15) is 30.9 Å². The molecular formula is C22H26F3NO6. The van der Waals surface area contributed by atoms with Gasteiger partial charge in [-0.15, -0.1) is 0 Å². The number of carbonyl (C=O) groups excluding carboxylic acids is 2. The average Bonchev–Trinajstić information content (AvgIpc) is 2.73. The Kier molecular flexibility index (Phi) is 8.85. The number of ether oxygens (including phenoxy) is 4. The maximum atomic E-state index is 13.9. The molecule has 1 aliphatic rings. The molecular weight excluding hydrogens is 431 g/mol. The minimum atomic E-state index is -4.73. The number of hydrogen-bond acceptors (Lipinski definition) is 7. The van der Waals surface area contributed by atoms with Gasteiger partial charge in [0, 0.05) is 14.2 Å². The Morgan fingerprint density at radius 3 is 1.78 bits per heavy atom. The lowest BCUT2D eigenvalue weighted by atomic mass is 9.78. The molecule has 0 unspecified atom stereocenters. The largest absolute Gasteiger partial charge is 0.463 e. The minimum absolute atomic E-state index is 0.0143. The number of methoxy groups -OCH3 is 2. The summed E-state index contributed by atoms with van der Waals surface area (Å²) in [5, 5.41) is 2.92. The van der Waals surface area contributed by atoms with Gasteiger partial charge >= 0.3 is 18.1 Å². The van der Waals surface area contributed by atoms with Crippen molar-refractivity contribution in [1.29, 1.82) is 0 Å². The second kappa shape index (κ2) is 11.1. The van der Waals surface area contributed by atoms with Crippen LogP contribution in [0, 0.1) is 0 Å². The van der Waals surface area contributed by atoms with Crippen LogP contribution < -0.4 is 5.32 Å². The van der Waals surface area contributed by atoms with Gasteiger partial charge in [0.25, 0.3) is 0 Å². The second-order valence-corrected chi connectivity index (χ2v) is 6.73. The topological polar surface area (TPSA) is 83.1 Å². The highest BCUT2D eigenvalue weighted by atomic mass is 19.4. The van der Waals surface area contributed by atoms with E-state index in [0.29, 0.717) is 0 Å². The Bertz CT molecular complexity index is 863. The third-order valence-electron chi connectivity index (χ3n) is 4.67. The first kappa shape index (κ1) is 25.4. The molecule has 0 saturated carbocycles. The SMILES string of the molecule is CCOC(=O)C1=C(COC)NC(COC)=C(C(=O)OCC)C1c1ccccc1C(F)(F)F. The van der Waals surface area contributed by atoms with Crippen LogP contribution in [0.2, 0.25) is 0 Å². The molecule has 176 valence electrons. The number of benzene rings is 1. The molecule has 0 fully saturated rings. The summed E-state index contributed by atoms with van der Waals surface area (Å²) in [6, 6.07) is 4.77. The van der Waals surface area contributed by atoms with Crippen molar-refractivity contribution in [3.05, 3.63) is 57.9 Å². The zero-order valence-corrected chi connectivity index (χ0v) is 18.3. The number of dihydropyridines is 1. The molecule has 0 aliphatic carbocycles. The second-order valence-electron chi connectivity index (χ2n) is 6.73. The first-order valence-corrected chi connectivity index (χ1v) is 9.92. The molecule has 0 amide bonds. The number of nitrogens with one attached hydrogen (secondary N) is 1. The summed E-state index contributed by atoms with van der Waals surface area (Å²) >= 11 is 0. The lowest BCUT2D eigenvalue weighted by Crippen LogP contribution is -2.37.